The van der Waals surface area contributed by atoms with Gasteiger partial charge in [-0.1, -0.05) is 0 Å². The predicted molar refractivity (Wildman–Crippen MR) is 84.0 cm³/mol. The molecule has 0 saturated carbocycles. The van der Waals surface area contributed by atoms with Crippen molar-refractivity contribution in [3.05, 3.63) is 16.1 Å². The van der Waals surface area contributed by atoms with E-state index in [2.05, 4.69) is 36.4 Å². The van der Waals surface area contributed by atoms with Gasteiger partial charge in [-0.25, -0.2) is 4.98 Å². The van der Waals surface area contributed by atoms with Gasteiger partial charge in [0, 0.05) is 44.2 Å². The third kappa shape index (κ3) is 5.13. The fourth-order valence-electron chi connectivity index (χ4n) is 2.38. The summed E-state index contributed by atoms with van der Waals surface area (Å²) in [7, 11) is 1.81. The zero-order valence-corrected chi connectivity index (χ0v) is 13.9. The smallest absolute Gasteiger partial charge is 0.107 e. The average Bonchev–Trinajstić information content (AvgIpc) is 2.84. The number of nitrogens with one attached hydrogen (secondary N) is 1. The molecule has 0 spiro atoms. The minimum absolute atomic E-state index is 0.147. The van der Waals surface area contributed by atoms with Crippen molar-refractivity contribution in [2.24, 2.45) is 0 Å². The maximum absolute atomic E-state index is 5.41. The number of ether oxygens (including phenoxy) is 1. The fourth-order valence-corrected chi connectivity index (χ4v) is 3.10. The van der Waals surface area contributed by atoms with Crippen molar-refractivity contribution in [2.45, 2.75) is 58.3 Å². The summed E-state index contributed by atoms with van der Waals surface area (Å²) >= 11 is 1.76. The molecule has 1 aliphatic rings. The summed E-state index contributed by atoms with van der Waals surface area (Å²) in [6.07, 6.45) is 2.73. The van der Waals surface area contributed by atoms with Crippen LogP contribution >= 0.6 is 11.3 Å². The van der Waals surface area contributed by atoms with E-state index in [1.54, 1.807) is 11.3 Å². The number of hydrogen-bond acceptors (Lipinski definition) is 5. The Balaban J connectivity index is 1.78. The van der Waals surface area contributed by atoms with Gasteiger partial charge in [0.1, 0.15) is 5.01 Å². The Morgan fingerprint density at radius 2 is 2.10 bits per heavy atom. The summed E-state index contributed by atoms with van der Waals surface area (Å²) in [5.74, 6) is 0. The molecular weight excluding hydrogens is 270 g/mol. The summed E-state index contributed by atoms with van der Waals surface area (Å²) < 4.78 is 5.41. The van der Waals surface area contributed by atoms with Crippen LogP contribution < -0.4 is 5.32 Å². The Morgan fingerprint density at radius 3 is 2.70 bits per heavy atom. The third-order valence-electron chi connectivity index (χ3n) is 3.62. The Hall–Kier alpha value is -0.490. The van der Waals surface area contributed by atoms with Crippen molar-refractivity contribution in [1.29, 1.82) is 0 Å². The van der Waals surface area contributed by atoms with E-state index in [1.807, 2.05) is 7.11 Å². The van der Waals surface area contributed by atoms with Crippen molar-refractivity contribution in [3.8, 4) is 0 Å². The van der Waals surface area contributed by atoms with E-state index in [9.17, 15) is 0 Å². The number of aromatic nitrogens is 1. The highest BCUT2D eigenvalue weighted by Gasteiger charge is 2.19. The van der Waals surface area contributed by atoms with Crippen LogP contribution in [0, 0.1) is 0 Å². The van der Waals surface area contributed by atoms with Crippen LogP contribution in [0.5, 0.6) is 0 Å². The van der Waals surface area contributed by atoms with E-state index < -0.39 is 0 Å². The Kier molecular flexibility index (Phi) is 5.55. The van der Waals surface area contributed by atoms with Crippen LogP contribution in [0.2, 0.25) is 0 Å². The zero-order valence-electron chi connectivity index (χ0n) is 13.1. The quantitative estimate of drug-likeness (QED) is 0.906. The largest absolute Gasteiger partial charge is 0.381 e. The highest BCUT2D eigenvalue weighted by Crippen LogP contribution is 2.17. The minimum Gasteiger partial charge on any atom is -0.381 e. The second-order valence-electron chi connectivity index (χ2n) is 6.55. The van der Waals surface area contributed by atoms with Gasteiger partial charge in [0.05, 0.1) is 11.8 Å². The number of thiazole rings is 1. The van der Waals surface area contributed by atoms with Crippen LogP contribution in [0.3, 0.4) is 0 Å². The topological polar surface area (TPSA) is 37.4 Å². The van der Waals surface area contributed by atoms with Crippen LogP contribution in [0.25, 0.3) is 0 Å². The first-order valence-electron chi connectivity index (χ1n) is 7.40. The molecule has 0 bridgehead atoms. The van der Waals surface area contributed by atoms with Crippen molar-refractivity contribution >= 4 is 11.3 Å². The van der Waals surface area contributed by atoms with Gasteiger partial charge in [-0.05, 0) is 33.6 Å². The normalized spacial score (nSPS) is 18.6. The number of methoxy groups -OCH3 is 1. The molecular formula is C15H27N3OS. The van der Waals surface area contributed by atoms with Crippen molar-refractivity contribution in [3.63, 3.8) is 0 Å². The first-order chi connectivity index (χ1) is 9.46. The summed E-state index contributed by atoms with van der Waals surface area (Å²) in [6.45, 7) is 10.6. The molecule has 2 rings (SSSR count). The van der Waals surface area contributed by atoms with E-state index >= 15 is 0 Å². The molecule has 1 saturated heterocycles. The van der Waals surface area contributed by atoms with E-state index in [4.69, 9.17) is 9.72 Å². The van der Waals surface area contributed by atoms with Crippen LogP contribution in [0.1, 0.15) is 44.3 Å². The predicted octanol–water partition coefficient (Wildman–Crippen LogP) is 2.64. The number of piperidine rings is 1. The molecule has 1 aromatic rings. The lowest BCUT2D eigenvalue weighted by molar-refractivity contribution is 0.0385. The Labute approximate surface area is 126 Å². The molecule has 5 heteroatoms. The molecule has 20 heavy (non-hydrogen) atoms. The lowest BCUT2D eigenvalue weighted by Crippen LogP contribution is -2.36. The van der Waals surface area contributed by atoms with Crippen molar-refractivity contribution in [2.75, 3.05) is 20.2 Å². The lowest BCUT2D eigenvalue weighted by atomic mass is 10.1. The molecule has 0 radical (unpaired) electrons. The maximum atomic E-state index is 5.41. The lowest BCUT2D eigenvalue weighted by Gasteiger charge is -2.30. The van der Waals surface area contributed by atoms with Gasteiger partial charge in [0.2, 0.25) is 0 Å². The summed E-state index contributed by atoms with van der Waals surface area (Å²) in [6, 6.07) is 0. The second-order valence-corrected chi connectivity index (χ2v) is 7.49. The molecule has 114 valence electrons. The van der Waals surface area contributed by atoms with Crippen LogP contribution in [-0.2, 0) is 17.8 Å². The number of likely N-dealkylation sites (tertiary alicyclic amines) is 1. The fraction of sp³-hybridized carbons (Fsp3) is 0.800. The third-order valence-corrected chi connectivity index (χ3v) is 4.52. The zero-order chi connectivity index (χ0) is 14.6. The summed E-state index contributed by atoms with van der Waals surface area (Å²) in [5, 5.41) is 6.86. The first kappa shape index (κ1) is 15.9. The monoisotopic (exact) mass is 297 g/mol. The molecule has 0 unspecified atom stereocenters. The summed E-state index contributed by atoms with van der Waals surface area (Å²) in [4.78, 5) is 7.21. The van der Waals surface area contributed by atoms with Gasteiger partial charge in [-0.2, -0.15) is 0 Å². The minimum atomic E-state index is 0.147. The van der Waals surface area contributed by atoms with Gasteiger partial charge in [0.15, 0.2) is 0 Å². The van der Waals surface area contributed by atoms with Crippen molar-refractivity contribution in [1.82, 2.24) is 15.2 Å². The highest BCUT2D eigenvalue weighted by atomic mass is 32.1. The average molecular weight is 297 g/mol. The van der Waals surface area contributed by atoms with Crippen molar-refractivity contribution < 1.29 is 4.74 Å². The molecule has 0 aromatic carbocycles. The molecule has 1 fully saturated rings. The van der Waals surface area contributed by atoms with E-state index in [0.29, 0.717) is 6.10 Å². The molecule has 1 aliphatic heterocycles. The van der Waals surface area contributed by atoms with Gasteiger partial charge >= 0.3 is 0 Å². The highest BCUT2D eigenvalue weighted by molar-refractivity contribution is 7.09. The van der Waals surface area contributed by atoms with Gasteiger partial charge in [0.25, 0.3) is 0 Å². The van der Waals surface area contributed by atoms with E-state index in [0.717, 1.165) is 39.0 Å². The number of rotatable bonds is 5. The first-order valence-corrected chi connectivity index (χ1v) is 8.28. The van der Waals surface area contributed by atoms with Crippen LogP contribution in [0.15, 0.2) is 5.38 Å². The molecule has 4 nitrogen and oxygen atoms in total. The van der Waals surface area contributed by atoms with E-state index in [1.165, 1.54) is 10.7 Å². The molecule has 0 aliphatic carbocycles. The van der Waals surface area contributed by atoms with E-state index in [-0.39, 0.29) is 5.54 Å². The van der Waals surface area contributed by atoms with Crippen LogP contribution in [-0.4, -0.2) is 41.7 Å². The molecule has 0 atom stereocenters. The molecule has 1 N–H and O–H groups in total. The number of nitrogens with zero attached hydrogens (tertiary/aromatic N) is 2. The Bertz CT molecular complexity index is 405. The Morgan fingerprint density at radius 1 is 1.40 bits per heavy atom. The SMILES string of the molecule is COC1CCN(Cc2csc(CNC(C)(C)C)n2)CC1. The van der Waals surface area contributed by atoms with Gasteiger partial charge in [-0.15, -0.1) is 11.3 Å². The standard InChI is InChI=1S/C15H27N3OS/c1-15(2,3)16-9-14-17-12(11-20-14)10-18-7-5-13(19-4)6-8-18/h11,13,16H,5-10H2,1-4H3. The second kappa shape index (κ2) is 6.98. The molecule has 1 aromatic heterocycles. The molecule has 2 heterocycles. The number of hydrogen-bond donors (Lipinski definition) is 1. The summed E-state index contributed by atoms with van der Waals surface area (Å²) in [5.41, 5.74) is 1.35. The maximum Gasteiger partial charge on any atom is 0.107 e. The molecule has 0 amide bonds. The van der Waals surface area contributed by atoms with Gasteiger partial charge in [-0.3, -0.25) is 4.90 Å². The van der Waals surface area contributed by atoms with Gasteiger partial charge < -0.3 is 10.1 Å². The van der Waals surface area contributed by atoms with Crippen LogP contribution in [0.4, 0.5) is 0 Å².